The summed E-state index contributed by atoms with van der Waals surface area (Å²) in [5.74, 6) is 0.666. The maximum absolute atomic E-state index is 11.4. The van der Waals surface area contributed by atoms with E-state index in [1.807, 2.05) is 13.8 Å². The minimum absolute atomic E-state index is 0.00984. The first-order chi connectivity index (χ1) is 6.96. The highest BCUT2D eigenvalue weighted by Gasteiger charge is 2.45. The summed E-state index contributed by atoms with van der Waals surface area (Å²) >= 11 is 0. The van der Waals surface area contributed by atoms with Crippen LogP contribution in [0.5, 0.6) is 0 Å². The Kier molecular flexibility index (Phi) is 4.14. The maximum Gasteiger partial charge on any atom is 0.246 e. The number of hydrogen-bond donors (Lipinski definition) is 1. The van der Waals surface area contributed by atoms with E-state index in [1.54, 1.807) is 0 Å². The highest BCUT2D eigenvalue weighted by atomic mass is 16.5. The van der Waals surface area contributed by atoms with Crippen molar-refractivity contribution in [2.75, 3.05) is 13.2 Å². The largest absolute Gasteiger partial charge is 0.369 e. The van der Waals surface area contributed by atoms with Crippen molar-refractivity contribution >= 4 is 5.91 Å². The van der Waals surface area contributed by atoms with Crippen LogP contribution < -0.4 is 5.32 Å². The van der Waals surface area contributed by atoms with Gasteiger partial charge in [-0.2, -0.15) is 0 Å². The normalized spacial score (nSPS) is 18.3. The second-order valence-electron chi connectivity index (χ2n) is 5.15. The van der Waals surface area contributed by atoms with Crippen molar-refractivity contribution in [1.82, 2.24) is 5.32 Å². The second kappa shape index (κ2) is 4.97. The van der Waals surface area contributed by atoms with E-state index in [0.717, 1.165) is 6.54 Å². The Bertz CT molecular complexity index is 220. The fourth-order valence-electron chi connectivity index (χ4n) is 1.69. The van der Waals surface area contributed by atoms with Crippen molar-refractivity contribution in [3.05, 3.63) is 0 Å². The Morgan fingerprint density at radius 1 is 1.33 bits per heavy atom. The highest BCUT2D eigenvalue weighted by Crippen LogP contribution is 2.51. The summed E-state index contributed by atoms with van der Waals surface area (Å²) in [7, 11) is 0. The smallest absolute Gasteiger partial charge is 0.246 e. The highest BCUT2D eigenvalue weighted by molar-refractivity contribution is 5.77. The molecule has 1 saturated carbocycles. The van der Waals surface area contributed by atoms with E-state index < -0.39 is 0 Å². The standard InChI is InChI=1S/C12H23NO2/c1-9(2)12(5-6-12)8-13-11(14)7-15-10(3)4/h9-10H,5-8H2,1-4H3,(H,13,14). The van der Waals surface area contributed by atoms with Gasteiger partial charge in [-0.1, -0.05) is 13.8 Å². The van der Waals surface area contributed by atoms with Crippen LogP contribution >= 0.6 is 0 Å². The molecule has 88 valence electrons. The van der Waals surface area contributed by atoms with Crippen LogP contribution in [0.25, 0.3) is 0 Å². The third-order valence-electron chi connectivity index (χ3n) is 3.30. The number of carbonyl (C=O) groups is 1. The molecule has 3 heteroatoms. The van der Waals surface area contributed by atoms with Crippen molar-refractivity contribution in [2.24, 2.45) is 11.3 Å². The summed E-state index contributed by atoms with van der Waals surface area (Å²) in [6.45, 7) is 9.32. The summed E-state index contributed by atoms with van der Waals surface area (Å²) in [4.78, 5) is 11.4. The van der Waals surface area contributed by atoms with Gasteiger partial charge in [0.2, 0.25) is 5.91 Å². The van der Waals surface area contributed by atoms with Crippen molar-refractivity contribution in [2.45, 2.75) is 46.6 Å². The third-order valence-corrected chi connectivity index (χ3v) is 3.30. The van der Waals surface area contributed by atoms with Gasteiger partial charge in [-0.25, -0.2) is 0 Å². The number of nitrogens with one attached hydrogen (secondary N) is 1. The van der Waals surface area contributed by atoms with Crippen molar-refractivity contribution in [3.63, 3.8) is 0 Å². The Morgan fingerprint density at radius 2 is 1.93 bits per heavy atom. The van der Waals surface area contributed by atoms with Crippen molar-refractivity contribution < 1.29 is 9.53 Å². The van der Waals surface area contributed by atoms with E-state index in [1.165, 1.54) is 12.8 Å². The molecule has 1 rings (SSSR count). The van der Waals surface area contributed by atoms with E-state index in [2.05, 4.69) is 19.2 Å². The lowest BCUT2D eigenvalue weighted by Gasteiger charge is -2.20. The lowest BCUT2D eigenvalue weighted by molar-refractivity contribution is -0.127. The van der Waals surface area contributed by atoms with E-state index in [4.69, 9.17) is 4.74 Å². The van der Waals surface area contributed by atoms with Gasteiger partial charge in [0.1, 0.15) is 6.61 Å². The predicted octanol–water partition coefficient (Wildman–Crippen LogP) is 1.96. The first-order valence-corrected chi connectivity index (χ1v) is 5.84. The fourth-order valence-corrected chi connectivity index (χ4v) is 1.69. The van der Waals surface area contributed by atoms with Gasteiger partial charge in [0, 0.05) is 6.54 Å². The number of ether oxygens (including phenoxy) is 1. The van der Waals surface area contributed by atoms with Gasteiger partial charge in [-0.05, 0) is 38.0 Å². The Morgan fingerprint density at radius 3 is 2.33 bits per heavy atom. The van der Waals surface area contributed by atoms with E-state index in [9.17, 15) is 4.79 Å². The van der Waals surface area contributed by atoms with Gasteiger partial charge in [-0.3, -0.25) is 4.79 Å². The van der Waals surface area contributed by atoms with E-state index >= 15 is 0 Å². The fraction of sp³-hybridized carbons (Fsp3) is 0.917. The summed E-state index contributed by atoms with van der Waals surface area (Å²) in [6.07, 6.45) is 2.61. The zero-order valence-corrected chi connectivity index (χ0v) is 10.3. The molecule has 1 aliphatic rings. The molecule has 0 aromatic carbocycles. The van der Waals surface area contributed by atoms with Gasteiger partial charge in [-0.15, -0.1) is 0 Å². The number of carbonyl (C=O) groups excluding carboxylic acids is 1. The van der Waals surface area contributed by atoms with Crippen LogP contribution in [-0.2, 0) is 9.53 Å². The van der Waals surface area contributed by atoms with E-state index in [0.29, 0.717) is 11.3 Å². The molecule has 15 heavy (non-hydrogen) atoms. The van der Waals surface area contributed by atoms with Crippen LogP contribution in [0.2, 0.25) is 0 Å². The molecule has 0 aliphatic heterocycles. The maximum atomic E-state index is 11.4. The molecule has 0 atom stereocenters. The summed E-state index contributed by atoms with van der Waals surface area (Å²) in [5.41, 5.74) is 0.382. The van der Waals surface area contributed by atoms with Crippen LogP contribution in [-0.4, -0.2) is 25.2 Å². The molecule has 1 N–H and O–H groups in total. The van der Waals surface area contributed by atoms with Gasteiger partial charge in [0.25, 0.3) is 0 Å². The average molecular weight is 213 g/mol. The predicted molar refractivity (Wildman–Crippen MR) is 60.6 cm³/mol. The molecular formula is C12H23NO2. The summed E-state index contributed by atoms with van der Waals surface area (Å²) in [6, 6.07) is 0. The molecule has 1 amide bonds. The molecule has 0 aromatic heterocycles. The van der Waals surface area contributed by atoms with E-state index in [-0.39, 0.29) is 18.6 Å². The first-order valence-electron chi connectivity index (χ1n) is 5.84. The Hall–Kier alpha value is -0.570. The Balaban J connectivity index is 2.17. The summed E-state index contributed by atoms with van der Waals surface area (Å²) in [5, 5.41) is 2.96. The molecule has 0 bridgehead atoms. The molecule has 1 fully saturated rings. The molecule has 1 aliphatic carbocycles. The van der Waals surface area contributed by atoms with Crippen LogP contribution in [0.3, 0.4) is 0 Å². The lowest BCUT2D eigenvalue weighted by atomic mass is 9.92. The summed E-state index contributed by atoms with van der Waals surface area (Å²) < 4.78 is 5.24. The number of rotatable bonds is 6. The molecule has 0 saturated heterocycles. The zero-order chi connectivity index (χ0) is 11.5. The molecule has 3 nitrogen and oxygen atoms in total. The molecule has 0 radical (unpaired) electrons. The SMILES string of the molecule is CC(C)OCC(=O)NCC1(C(C)C)CC1. The number of amides is 1. The molecule has 0 aromatic rings. The van der Waals surface area contributed by atoms with Crippen molar-refractivity contribution in [1.29, 1.82) is 0 Å². The monoisotopic (exact) mass is 213 g/mol. The first kappa shape index (κ1) is 12.5. The minimum atomic E-state index is 0.00984. The van der Waals surface area contributed by atoms with Crippen LogP contribution in [0.15, 0.2) is 0 Å². The van der Waals surface area contributed by atoms with Gasteiger partial charge in [0.15, 0.2) is 0 Å². The average Bonchev–Trinajstić information content (AvgIpc) is 2.92. The molecular weight excluding hydrogens is 190 g/mol. The zero-order valence-electron chi connectivity index (χ0n) is 10.3. The molecule has 0 heterocycles. The van der Waals surface area contributed by atoms with Crippen molar-refractivity contribution in [3.8, 4) is 0 Å². The van der Waals surface area contributed by atoms with Crippen LogP contribution in [0.4, 0.5) is 0 Å². The van der Waals surface area contributed by atoms with Gasteiger partial charge >= 0.3 is 0 Å². The Labute approximate surface area is 92.6 Å². The number of hydrogen-bond acceptors (Lipinski definition) is 2. The molecule has 0 unspecified atom stereocenters. The third kappa shape index (κ3) is 3.82. The lowest BCUT2D eigenvalue weighted by Crippen LogP contribution is -2.35. The van der Waals surface area contributed by atoms with Crippen LogP contribution in [0, 0.1) is 11.3 Å². The molecule has 0 spiro atoms. The van der Waals surface area contributed by atoms with Crippen LogP contribution in [0.1, 0.15) is 40.5 Å². The quantitative estimate of drug-likeness (QED) is 0.732. The topological polar surface area (TPSA) is 38.3 Å². The van der Waals surface area contributed by atoms with Gasteiger partial charge in [0.05, 0.1) is 6.10 Å². The second-order valence-corrected chi connectivity index (χ2v) is 5.15. The van der Waals surface area contributed by atoms with Gasteiger partial charge < -0.3 is 10.1 Å². The minimum Gasteiger partial charge on any atom is -0.369 e.